The van der Waals surface area contributed by atoms with Gasteiger partial charge in [0.05, 0.1) is 12.1 Å². The van der Waals surface area contributed by atoms with Crippen LogP contribution < -0.4 is 10.6 Å². The van der Waals surface area contributed by atoms with Crippen LogP contribution in [0.1, 0.15) is 25.3 Å². The van der Waals surface area contributed by atoms with E-state index in [4.69, 9.17) is 4.99 Å². The Morgan fingerprint density at radius 2 is 2.12 bits per heavy atom. The van der Waals surface area contributed by atoms with E-state index in [0.717, 1.165) is 24.6 Å². The van der Waals surface area contributed by atoms with Crippen LogP contribution in [0.2, 0.25) is 0 Å². The molecule has 0 radical (unpaired) electrons. The number of guanidine groups is 1. The summed E-state index contributed by atoms with van der Waals surface area (Å²) in [5.41, 5.74) is 2.23. The predicted molar refractivity (Wildman–Crippen MR) is 120 cm³/mol. The molecule has 1 aliphatic rings. The number of halogens is 1. The molecule has 0 amide bonds. The molecule has 1 saturated heterocycles. The summed E-state index contributed by atoms with van der Waals surface area (Å²) in [5.74, 6) is 1.60. The predicted octanol–water partition coefficient (Wildman–Crippen LogP) is 3.25. The maximum Gasteiger partial charge on any atom is 0.191 e. The SMILES string of the molecule is CCNC(=NCc1ccnc2ccccc12)NCC1CCCN(C)C1.I. The quantitative estimate of drug-likeness (QED) is 0.403. The van der Waals surface area contributed by atoms with Gasteiger partial charge < -0.3 is 15.5 Å². The van der Waals surface area contributed by atoms with Gasteiger partial charge in [0.15, 0.2) is 5.96 Å². The molecule has 1 atom stereocenters. The molecular formula is C20H30IN5. The molecule has 1 unspecified atom stereocenters. The molecule has 26 heavy (non-hydrogen) atoms. The van der Waals surface area contributed by atoms with Gasteiger partial charge in [-0.3, -0.25) is 4.98 Å². The van der Waals surface area contributed by atoms with Crippen molar-refractivity contribution in [1.82, 2.24) is 20.5 Å². The first kappa shape index (κ1) is 20.9. The molecule has 3 rings (SSSR count). The lowest BCUT2D eigenvalue weighted by Crippen LogP contribution is -2.43. The summed E-state index contributed by atoms with van der Waals surface area (Å²) in [6.07, 6.45) is 4.46. The fraction of sp³-hybridized carbons (Fsp3) is 0.500. The summed E-state index contributed by atoms with van der Waals surface area (Å²) in [5, 5.41) is 8.07. The molecule has 5 nitrogen and oxygen atoms in total. The number of nitrogens with zero attached hydrogens (tertiary/aromatic N) is 3. The number of para-hydroxylation sites is 1. The fourth-order valence-electron chi connectivity index (χ4n) is 3.48. The van der Waals surface area contributed by atoms with Gasteiger partial charge in [-0.05, 0) is 57.0 Å². The number of fused-ring (bicyclic) bond motifs is 1. The largest absolute Gasteiger partial charge is 0.357 e. The van der Waals surface area contributed by atoms with Gasteiger partial charge in [0.2, 0.25) is 0 Å². The Kier molecular flexibility index (Phi) is 8.58. The van der Waals surface area contributed by atoms with Gasteiger partial charge >= 0.3 is 0 Å². The monoisotopic (exact) mass is 467 g/mol. The molecule has 1 aromatic carbocycles. The van der Waals surface area contributed by atoms with E-state index < -0.39 is 0 Å². The van der Waals surface area contributed by atoms with Crippen molar-refractivity contribution in [2.24, 2.45) is 10.9 Å². The van der Waals surface area contributed by atoms with Crippen LogP contribution in [0.4, 0.5) is 0 Å². The van der Waals surface area contributed by atoms with E-state index in [2.05, 4.69) is 52.7 Å². The summed E-state index contributed by atoms with van der Waals surface area (Å²) < 4.78 is 0. The fourth-order valence-corrected chi connectivity index (χ4v) is 3.48. The highest BCUT2D eigenvalue weighted by Gasteiger charge is 2.17. The van der Waals surface area contributed by atoms with Crippen LogP contribution in [0, 0.1) is 5.92 Å². The molecular weight excluding hydrogens is 437 g/mol. The third-order valence-corrected chi connectivity index (χ3v) is 4.77. The summed E-state index contributed by atoms with van der Waals surface area (Å²) in [6.45, 7) is 7.00. The van der Waals surface area contributed by atoms with Crippen molar-refractivity contribution in [3.05, 3.63) is 42.1 Å². The lowest BCUT2D eigenvalue weighted by atomic mass is 9.99. The minimum atomic E-state index is 0. The highest BCUT2D eigenvalue weighted by atomic mass is 127. The average Bonchev–Trinajstić information content (AvgIpc) is 2.64. The normalized spacial score (nSPS) is 18.4. The molecule has 142 valence electrons. The van der Waals surface area contributed by atoms with E-state index in [9.17, 15) is 0 Å². The van der Waals surface area contributed by atoms with Gasteiger partial charge in [0, 0.05) is 31.2 Å². The van der Waals surface area contributed by atoms with E-state index in [1.807, 2.05) is 18.3 Å². The van der Waals surface area contributed by atoms with Crippen molar-refractivity contribution >= 4 is 40.8 Å². The number of nitrogens with one attached hydrogen (secondary N) is 2. The zero-order valence-electron chi connectivity index (χ0n) is 15.7. The Hall–Kier alpha value is -1.41. The summed E-state index contributed by atoms with van der Waals surface area (Å²) in [6, 6.07) is 10.3. The Morgan fingerprint density at radius 1 is 1.27 bits per heavy atom. The second-order valence-corrected chi connectivity index (χ2v) is 6.83. The van der Waals surface area contributed by atoms with Crippen LogP contribution in [-0.4, -0.2) is 49.1 Å². The Balaban J connectivity index is 0.00000243. The van der Waals surface area contributed by atoms with Crippen LogP contribution >= 0.6 is 24.0 Å². The van der Waals surface area contributed by atoms with Crippen LogP contribution in [-0.2, 0) is 6.54 Å². The molecule has 6 heteroatoms. The molecule has 0 spiro atoms. The lowest BCUT2D eigenvalue weighted by molar-refractivity contribution is 0.210. The van der Waals surface area contributed by atoms with Gasteiger partial charge in [-0.1, -0.05) is 18.2 Å². The van der Waals surface area contributed by atoms with Crippen molar-refractivity contribution < 1.29 is 0 Å². The molecule has 2 N–H and O–H groups in total. The van der Waals surface area contributed by atoms with Gasteiger partial charge in [-0.15, -0.1) is 24.0 Å². The third-order valence-electron chi connectivity index (χ3n) is 4.77. The van der Waals surface area contributed by atoms with Crippen LogP contribution in [0.25, 0.3) is 10.9 Å². The van der Waals surface area contributed by atoms with E-state index in [-0.39, 0.29) is 24.0 Å². The average molecular weight is 467 g/mol. The smallest absolute Gasteiger partial charge is 0.191 e. The standard InChI is InChI=1S/C20H29N5.HI/c1-3-21-20(23-13-16-7-6-12-25(2)15-16)24-14-17-10-11-22-19-9-5-4-8-18(17)19;/h4-5,8-11,16H,3,6-7,12-15H2,1-2H3,(H2,21,23,24);1H. The molecule has 0 aliphatic carbocycles. The highest BCUT2D eigenvalue weighted by molar-refractivity contribution is 14.0. The van der Waals surface area contributed by atoms with E-state index >= 15 is 0 Å². The first-order chi connectivity index (χ1) is 12.3. The van der Waals surface area contributed by atoms with Gasteiger partial charge in [0.1, 0.15) is 0 Å². The van der Waals surface area contributed by atoms with Crippen molar-refractivity contribution in [3.8, 4) is 0 Å². The zero-order chi connectivity index (χ0) is 17.5. The van der Waals surface area contributed by atoms with Gasteiger partial charge in [-0.2, -0.15) is 0 Å². The number of piperidine rings is 1. The highest BCUT2D eigenvalue weighted by Crippen LogP contribution is 2.17. The molecule has 2 aromatic rings. The number of aromatic nitrogens is 1. The number of likely N-dealkylation sites (tertiary alicyclic amines) is 1. The van der Waals surface area contributed by atoms with E-state index in [1.165, 1.54) is 36.9 Å². The zero-order valence-corrected chi connectivity index (χ0v) is 18.1. The first-order valence-corrected chi connectivity index (χ1v) is 9.29. The minimum Gasteiger partial charge on any atom is -0.357 e. The van der Waals surface area contributed by atoms with Crippen molar-refractivity contribution in [1.29, 1.82) is 0 Å². The van der Waals surface area contributed by atoms with Gasteiger partial charge in [0.25, 0.3) is 0 Å². The Labute approximate surface area is 173 Å². The van der Waals surface area contributed by atoms with E-state index in [0.29, 0.717) is 12.5 Å². The number of aliphatic imine (C=N–C) groups is 1. The Morgan fingerprint density at radius 3 is 2.92 bits per heavy atom. The topological polar surface area (TPSA) is 52.6 Å². The first-order valence-electron chi connectivity index (χ1n) is 9.29. The Bertz CT molecular complexity index is 713. The van der Waals surface area contributed by atoms with Crippen LogP contribution in [0.3, 0.4) is 0 Å². The van der Waals surface area contributed by atoms with E-state index in [1.54, 1.807) is 0 Å². The summed E-state index contributed by atoms with van der Waals surface area (Å²) >= 11 is 0. The number of pyridine rings is 1. The molecule has 2 heterocycles. The van der Waals surface area contributed by atoms with Gasteiger partial charge in [-0.25, -0.2) is 4.99 Å². The minimum absolute atomic E-state index is 0. The molecule has 1 fully saturated rings. The second kappa shape index (κ2) is 10.7. The molecule has 0 saturated carbocycles. The molecule has 0 bridgehead atoms. The maximum atomic E-state index is 4.79. The number of rotatable bonds is 5. The van der Waals surface area contributed by atoms with Crippen molar-refractivity contribution in [3.63, 3.8) is 0 Å². The lowest BCUT2D eigenvalue weighted by Gasteiger charge is -2.30. The van der Waals surface area contributed by atoms with Crippen LogP contribution in [0.15, 0.2) is 41.5 Å². The second-order valence-electron chi connectivity index (χ2n) is 6.83. The summed E-state index contributed by atoms with van der Waals surface area (Å²) in [4.78, 5) is 11.6. The molecule has 1 aliphatic heterocycles. The molecule has 1 aromatic heterocycles. The number of hydrogen-bond donors (Lipinski definition) is 2. The van der Waals surface area contributed by atoms with Crippen molar-refractivity contribution in [2.75, 3.05) is 33.2 Å². The third kappa shape index (κ3) is 5.81. The van der Waals surface area contributed by atoms with Crippen molar-refractivity contribution in [2.45, 2.75) is 26.3 Å². The number of benzene rings is 1. The van der Waals surface area contributed by atoms with Crippen LogP contribution in [0.5, 0.6) is 0 Å². The summed E-state index contributed by atoms with van der Waals surface area (Å²) in [7, 11) is 2.21. The maximum absolute atomic E-state index is 4.79. The number of hydrogen-bond acceptors (Lipinski definition) is 3.